The summed E-state index contributed by atoms with van der Waals surface area (Å²) in [6.45, 7) is 4.00. The minimum Gasteiger partial charge on any atom is -0.420 e. The molecule has 0 amide bonds. The molecule has 0 saturated carbocycles. The number of fused-ring (bicyclic) bond motifs is 1. The first kappa shape index (κ1) is 10.6. The second-order valence-corrected chi connectivity index (χ2v) is 3.90. The molecule has 1 unspecified atom stereocenters. The number of nitrogens with zero attached hydrogens (tertiary/aromatic N) is 2. The highest BCUT2D eigenvalue weighted by atomic mass is 16.5. The van der Waals surface area contributed by atoms with Gasteiger partial charge in [0.25, 0.3) is 0 Å². The van der Waals surface area contributed by atoms with Crippen LogP contribution in [0.5, 0.6) is 5.88 Å². The van der Waals surface area contributed by atoms with Gasteiger partial charge in [0.05, 0.1) is 5.57 Å². The van der Waals surface area contributed by atoms with Gasteiger partial charge >= 0.3 is 0 Å². The third-order valence-corrected chi connectivity index (χ3v) is 2.83. The molecular weight excluding hydrogens is 204 g/mol. The number of ether oxygens (including phenoxy) is 1. The lowest BCUT2D eigenvalue weighted by Crippen LogP contribution is -2.20. The molecule has 1 aromatic rings. The lowest BCUT2D eigenvalue weighted by atomic mass is 9.87. The highest BCUT2D eigenvalue weighted by Gasteiger charge is 2.31. The highest BCUT2D eigenvalue weighted by Crippen LogP contribution is 2.40. The van der Waals surface area contributed by atoms with E-state index in [-0.39, 0.29) is 11.8 Å². The number of aromatic nitrogens is 2. The Morgan fingerprint density at radius 1 is 1.62 bits per heavy atom. The van der Waals surface area contributed by atoms with E-state index in [2.05, 4.69) is 23.2 Å². The Hall–Kier alpha value is -1.96. The van der Waals surface area contributed by atoms with Gasteiger partial charge in [-0.15, -0.1) is 5.10 Å². The molecule has 2 rings (SSSR count). The molecule has 1 aliphatic heterocycles. The third kappa shape index (κ3) is 1.43. The summed E-state index contributed by atoms with van der Waals surface area (Å²) in [6.07, 6.45) is 1.85. The molecule has 1 aliphatic rings. The second kappa shape index (κ2) is 3.89. The van der Waals surface area contributed by atoms with E-state index in [1.165, 1.54) is 0 Å². The predicted molar refractivity (Wildman–Crippen MR) is 58.4 cm³/mol. The summed E-state index contributed by atoms with van der Waals surface area (Å²) in [5, 5.41) is 16.0. The van der Waals surface area contributed by atoms with E-state index in [4.69, 9.17) is 15.7 Å². The van der Waals surface area contributed by atoms with Crippen LogP contribution >= 0.6 is 0 Å². The Kier molecular flexibility index (Phi) is 2.57. The number of aryl methyl sites for hydroxylation is 1. The van der Waals surface area contributed by atoms with Crippen molar-refractivity contribution < 1.29 is 4.74 Å². The van der Waals surface area contributed by atoms with Crippen molar-refractivity contribution in [3.05, 3.63) is 22.7 Å². The van der Waals surface area contributed by atoms with E-state index in [0.717, 1.165) is 24.1 Å². The molecule has 1 atom stereocenters. The van der Waals surface area contributed by atoms with Gasteiger partial charge in [-0.3, -0.25) is 5.10 Å². The van der Waals surface area contributed by atoms with Crippen molar-refractivity contribution in [2.45, 2.75) is 32.6 Å². The molecule has 0 fully saturated rings. The summed E-state index contributed by atoms with van der Waals surface area (Å²) in [4.78, 5) is 0. The maximum atomic E-state index is 9.11. The van der Waals surface area contributed by atoms with Crippen LogP contribution in [-0.4, -0.2) is 10.2 Å². The Balaban J connectivity index is 2.52. The standard InChI is InChI=1S/C11H14N4O/c1-3-4-7-8(5-12)10(13)16-11-9(7)6(2)14-15-11/h7H,3-4,13H2,1-2H3,(H,14,15). The van der Waals surface area contributed by atoms with E-state index in [1.54, 1.807) is 0 Å². The van der Waals surface area contributed by atoms with Gasteiger partial charge in [-0.1, -0.05) is 13.3 Å². The van der Waals surface area contributed by atoms with Crippen LogP contribution in [0.15, 0.2) is 11.5 Å². The van der Waals surface area contributed by atoms with Crippen molar-refractivity contribution in [3.63, 3.8) is 0 Å². The van der Waals surface area contributed by atoms with Gasteiger partial charge < -0.3 is 10.5 Å². The van der Waals surface area contributed by atoms with Crippen LogP contribution in [-0.2, 0) is 0 Å². The normalized spacial score (nSPS) is 18.9. The first-order valence-corrected chi connectivity index (χ1v) is 5.31. The highest BCUT2D eigenvalue weighted by molar-refractivity contribution is 5.48. The maximum absolute atomic E-state index is 9.11. The van der Waals surface area contributed by atoms with Gasteiger partial charge in [0.15, 0.2) is 0 Å². The number of nitrogens with one attached hydrogen (secondary N) is 1. The summed E-state index contributed by atoms with van der Waals surface area (Å²) >= 11 is 0. The fraction of sp³-hybridized carbons (Fsp3) is 0.455. The molecule has 0 saturated heterocycles. The number of aromatic amines is 1. The van der Waals surface area contributed by atoms with Gasteiger partial charge in [-0.2, -0.15) is 5.26 Å². The van der Waals surface area contributed by atoms with Gasteiger partial charge in [0, 0.05) is 17.2 Å². The van der Waals surface area contributed by atoms with E-state index in [1.807, 2.05) is 6.92 Å². The van der Waals surface area contributed by atoms with E-state index < -0.39 is 0 Å². The maximum Gasteiger partial charge on any atom is 0.243 e. The first-order valence-electron chi connectivity index (χ1n) is 5.31. The first-order chi connectivity index (χ1) is 7.69. The van der Waals surface area contributed by atoms with Gasteiger partial charge in [0.1, 0.15) is 6.07 Å². The second-order valence-electron chi connectivity index (χ2n) is 3.90. The molecule has 0 aromatic carbocycles. The van der Waals surface area contributed by atoms with E-state index in [0.29, 0.717) is 11.5 Å². The summed E-state index contributed by atoms with van der Waals surface area (Å²) in [6, 6.07) is 2.13. The van der Waals surface area contributed by atoms with Crippen molar-refractivity contribution in [1.29, 1.82) is 5.26 Å². The number of rotatable bonds is 2. The number of nitrogens with two attached hydrogens (primary N) is 1. The quantitative estimate of drug-likeness (QED) is 0.790. The Labute approximate surface area is 93.9 Å². The molecule has 0 aliphatic carbocycles. The lowest BCUT2D eigenvalue weighted by molar-refractivity contribution is 0.371. The minimum absolute atomic E-state index is 0.0116. The SMILES string of the molecule is CCCC1C(C#N)=C(N)Oc2n[nH]c(C)c21. The topological polar surface area (TPSA) is 87.7 Å². The van der Waals surface area contributed by atoms with Crippen molar-refractivity contribution in [1.82, 2.24) is 10.2 Å². The van der Waals surface area contributed by atoms with Crippen LogP contribution < -0.4 is 10.5 Å². The summed E-state index contributed by atoms with van der Waals surface area (Å²) < 4.78 is 5.33. The number of hydrogen-bond acceptors (Lipinski definition) is 4. The van der Waals surface area contributed by atoms with Crippen LogP contribution in [0.4, 0.5) is 0 Å². The zero-order chi connectivity index (χ0) is 11.7. The monoisotopic (exact) mass is 218 g/mol. The minimum atomic E-state index is 0.0116. The lowest BCUT2D eigenvalue weighted by Gasteiger charge is -2.22. The average Bonchev–Trinajstić information content (AvgIpc) is 2.60. The zero-order valence-electron chi connectivity index (χ0n) is 9.37. The molecular formula is C11H14N4O. The summed E-state index contributed by atoms with van der Waals surface area (Å²) in [5.74, 6) is 0.699. The summed E-state index contributed by atoms with van der Waals surface area (Å²) in [7, 11) is 0. The molecule has 84 valence electrons. The van der Waals surface area contributed by atoms with Gasteiger partial charge in [-0.25, -0.2) is 0 Å². The van der Waals surface area contributed by atoms with Crippen LogP contribution in [0.3, 0.4) is 0 Å². The van der Waals surface area contributed by atoms with Crippen molar-refractivity contribution in [2.75, 3.05) is 0 Å². The van der Waals surface area contributed by atoms with E-state index in [9.17, 15) is 0 Å². The van der Waals surface area contributed by atoms with Gasteiger partial charge in [0.2, 0.25) is 11.8 Å². The molecule has 1 aromatic heterocycles. The fourth-order valence-corrected chi connectivity index (χ4v) is 2.09. The van der Waals surface area contributed by atoms with Crippen molar-refractivity contribution in [3.8, 4) is 11.9 Å². The van der Waals surface area contributed by atoms with Crippen molar-refractivity contribution >= 4 is 0 Å². The number of nitriles is 1. The van der Waals surface area contributed by atoms with Crippen LogP contribution in [0.1, 0.15) is 36.9 Å². The molecule has 5 nitrogen and oxygen atoms in total. The Bertz CT molecular complexity index is 481. The largest absolute Gasteiger partial charge is 0.420 e. The van der Waals surface area contributed by atoms with Crippen LogP contribution in [0, 0.1) is 18.3 Å². The fourth-order valence-electron chi connectivity index (χ4n) is 2.09. The zero-order valence-corrected chi connectivity index (χ0v) is 9.37. The Morgan fingerprint density at radius 2 is 2.38 bits per heavy atom. The van der Waals surface area contributed by atoms with Crippen LogP contribution in [0.25, 0.3) is 0 Å². The number of H-pyrrole nitrogens is 1. The van der Waals surface area contributed by atoms with Crippen LogP contribution in [0.2, 0.25) is 0 Å². The molecule has 0 bridgehead atoms. The average molecular weight is 218 g/mol. The number of allylic oxidation sites excluding steroid dienone is 1. The smallest absolute Gasteiger partial charge is 0.243 e. The van der Waals surface area contributed by atoms with E-state index >= 15 is 0 Å². The molecule has 0 radical (unpaired) electrons. The number of hydrogen-bond donors (Lipinski definition) is 2. The Morgan fingerprint density at radius 3 is 3.00 bits per heavy atom. The predicted octanol–water partition coefficient (Wildman–Crippen LogP) is 1.69. The molecule has 16 heavy (non-hydrogen) atoms. The van der Waals surface area contributed by atoms with Gasteiger partial charge in [-0.05, 0) is 13.3 Å². The molecule has 3 N–H and O–H groups in total. The molecule has 5 heteroatoms. The third-order valence-electron chi connectivity index (χ3n) is 2.83. The summed E-state index contributed by atoms with van der Waals surface area (Å²) in [5.41, 5.74) is 8.13. The van der Waals surface area contributed by atoms with Crippen molar-refractivity contribution in [2.24, 2.45) is 5.73 Å². The molecule has 0 spiro atoms. The molecule has 2 heterocycles.